The van der Waals surface area contributed by atoms with Crippen molar-refractivity contribution in [1.82, 2.24) is 30.1 Å². The van der Waals surface area contributed by atoms with E-state index in [0.717, 1.165) is 25.9 Å². The molecule has 7 heteroatoms. The Bertz CT molecular complexity index is 572. The molecule has 1 N–H and O–H groups in total. The van der Waals surface area contributed by atoms with Gasteiger partial charge in [-0.1, -0.05) is 12.1 Å². The molecule has 0 unspecified atom stereocenters. The highest BCUT2D eigenvalue weighted by atomic mass is 16.1. The molecule has 2 aromatic heterocycles. The summed E-state index contributed by atoms with van der Waals surface area (Å²) in [6, 6.07) is 0. The Morgan fingerprint density at radius 3 is 3.00 bits per heavy atom. The van der Waals surface area contributed by atoms with E-state index in [-0.39, 0.29) is 5.56 Å². The molecule has 0 aliphatic carbocycles. The van der Waals surface area contributed by atoms with Crippen molar-refractivity contribution in [2.75, 3.05) is 13.1 Å². The lowest BCUT2D eigenvalue weighted by atomic mass is 10.3. The number of hydrogen-bond acceptors (Lipinski definition) is 5. The molecule has 0 saturated carbocycles. The number of unbranched alkanes of at least 4 members (excludes halogenated alkanes) is 1. The fourth-order valence-corrected chi connectivity index (χ4v) is 1.81. The van der Waals surface area contributed by atoms with Crippen LogP contribution in [0, 0.1) is 0 Å². The van der Waals surface area contributed by atoms with Crippen molar-refractivity contribution in [2.45, 2.75) is 26.3 Å². The van der Waals surface area contributed by atoms with E-state index in [0.29, 0.717) is 17.6 Å². The second kappa shape index (κ2) is 5.72. The lowest BCUT2D eigenvalue weighted by Crippen LogP contribution is -2.25. The van der Waals surface area contributed by atoms with Crippen LogP contribution in [-0.4, -0.2) is 37.9 Å². The molecule has 0 aliphatic rings. The highest BCUT2D eigenvalue weighted by Crippen LogP contribution is 2.02. The molecule has 98 valence electrons. The van der Waals surface area contributed by atoms with Crippen LogP contribution in [0.3, 0.4) is 0 Å². The minimum Gasteiger partial charge on any atom is -0.317 e. The van der Waals surface area contributed by atoms with Gasteiger partial charge in [-0.15, -0.1) is 5.10 Å². The second-order valence-electron chi connectivity index (χ2n) is 4.18. The first-order chi connectivity index (χ1) is 8.74. The van der Waals surface area contributed by atoms with Crippen molar-refractivity contribution in [3.8, 4) is 0 Å². The summed E-state index contributed by atoms with van der Waals surface area (Å²) >= 11 is 0. The van der Waals surface area contributed by atoms with Crippen molar-refractivity contribution >= 4 is 11.0 Å². The SMILES string of the molecule is CCNCCCCn1nnc2c(cnn2C)c1=O. The number of aryl methyl sites for hydroxylation is 2. The van der Waals surface area contributed by atoms with Crippen LogP contribution in [0.5, 0.6) is 0 Å². The number of nitrogens with zero attached hydrogens (tertiary/aromatic N) is 5. The first-order valence-corrected chi connectivity index (χ1v) is 6.20. The number of aromatic nitrogens is 5. The van der Waals surface area contributed by atoms with Crippen LogP contribution in [0.4, 0.5) is 0 Å². The molecule has 0 spiro atoms. The molecule has 0 atom stereocenters. The monoisotopic (exact) mass is 250 g/mol. The minimum absolute atomic E-state index is 0.114. The summed E-state index contributed by atoms with van der Waals surface area (Å²) in [5, 5.41) is 15.7. The third-order valence-corrected chi connectivity index (χ3v) is 2.84. The normalized spacial score (nSPS) is 11.2. The Morgan fingerprint density at radius 1 is 1.39 bits per heavy atom. The molecule has 2 aromatic rings. The highest BCUT2D eigenvalue weighted by Gasteiger charge is 2.08. The molecule has 2 rings (SSSR count). The van der Waals surface area contributed by atoms with Gasteiger partial charge in [-0.2, -0.15) is 5.10 Å². The van der Waals surface area contributed by atoms with E-state index in [1.807, 2.05) is 0 Å². The van der Waals surface area contributed by atoms with E-state index in [1.165, 1.54) is 4.68 Å². The van der Waals surface area contributed by atoms with Gasteiger partial charge in [0.1, 0.15) is 5.39 Å². The van der Waals surface area contributed by atoms with Gasteiger partial charge < -0.3 is 5.32 Å². The smallest absolute Gasteiger partial charge is 0.280 e. The van der Waals surface area contributed by atoms with Gasteiger partial charge in [0.15, 0.2) is 5.65 Å². The molecule has 0 bridgehead atoms. The molecule has 0 fully saturated rings. The topological polar surface area (TPSA) is 77.6 Å². The predicted octanol–water partition coefficient (Wildman–Crippen LogP) is -0.0853. The standard InChI is InChI=1S/C11H18N6O/c1-3-12-6-4-5-7-17-11(18)9-8-13-16(2)10(9)14-15-17/h8,12H,3-7H2,1-2H3. The van der Waals surface area contributed by atoms with Crippen LogP contribution < -0.4 is 10.9 Å². The summed E-state index contributed by atoms with van der Waals surface area (Å²) in [7, 11) is 1.75. The van der Waals surface area contributed by atoms with Gasteiger partial charge in [0.05, 0.1) is 6.20 Å². The van der Waals surface area contributed by atoms with Gasteiger partial charge in [-0.05, 0) is 25.9 Å². The first kappa shape index (κ1) is 12.7. The lowest BCUT2D eigenvalue weighted by molar-refractivity contribution is 0.500. The van der Waals surface area contributed by atoms with Crippen molar-refractivity contribution in [3.63, 3.8) is 0 Å². The number of rotatable bonds is 6. The summed E-state index contributed by atoms with van der Waals surface area (Å²) in [5.74, 6) is 0. The predicted molar refractivity (Wildman–Crippen MR) is 68.3 cm³/mol. The third-order valence-electron chi connectivity index (χ3n) is 2.84. The maximum absolute atomic E-state index is 12.1. The van der Waals surface area contributed by atoms with Crippen LogP contribution in [0.1, 0.15) is 19.8 Å². The van der Waals surface area contributed by atoms with E-state index in [4.69, 9.17) is 0 Å². The molecular weight excluding hydrogens is 232 g/mol. The maximum Gasteiger partial charge on any atom is 0.280 e. The zero-order valence-corrected chi connectivity index (χ0v) is 10.8. The Kier molecular flexibility index (Phi) is 4.03. The summed E-state index contributed by atoms with van der Waals surface area (Å²) < 4.78 is 2.97. The molecular formula is C11H18N6O. The van der Waals surface area contributed by atoms with Gasteiger partial charge in [0.2, 0.25) is 0 Å². The molecule has 0 saturated heterocycles. The van der Waals surface area contributed by atoms with Gasteiger partial charge in [-0.3, -0.25) is 4.79 Å². The molecule has 0 aromatic carbocycles. The van der Waals surface area contributed by atoms with Gasteiger partial charge in [-0.25, -0.2) is 9.36 Å². The molecule has 2 heterocycles. The van der Waals surface area contributed by atoms with Crippen LogP contribution in [0.25, 0.3) is 11.0 Å². The molecule has 18 heavy (non-hydrogen) atoms. The summed E-state index contributed by atoms with van der Waals surface area (Å²) in [5.41, 5.74) is 0.417. The Balaban J connectivity index is 2.05. The fourth-order valence-electron chi connectivity index (χ4n) is 1.81. The van der Waals surface area contributed by atoms with Gasteiger partial charge >= 0.3 is 0 Å². The maximum atomic E-state index is 12.1. The summed E-state index contributed by atoms with van der Waals surface area (Å²) in [6.45, 7) is 4.61. The van der Waals surface area contributed by atoms with E-state index in [9.17, 15) is 4.79 Å². The second-order valence-corrected chi connectivity index (χ2v) is 4.18. The van der Waals surface area contributed by atoms with Crippen LogP contribution >= 0.6 is 0 Å². The van der Waals surface area contributed by atoms with Gasteiger partial charge in [0.25, 0.3) is 5.56 Å². The van der Waals surface area contributed by atoms with E-state index in [1.54, 1.807) is 17.9 Å². The van der Waals surface area contributed by atoms with Crippen LogP contribution in [0.2, 0.25) is 0 Å². The van der Waals surface area contributed by atoms with E-state index in [2.05, 4.69) is 27.7 Å². The van der Waals surface area contributed by atoms with E-state index < -0.39 is 0 Å². The van der Waals surface area contributed by atoms with Crippen molar-refractivity contribution in [3.05, 3.63) is 16.6 Å². The number of hydrogen-bond donors (Lipinski definition) is 1. The van der Waals surface area contributed by atoms with Crippen LogP contribution in [0.15, 0.2) is 11.0 Å². The van der Waals surface area contributed by atoms with Crippen LogP contribution in [-0.2, 0) is 13.6 Å². The molecule has 0 amide bonds. The summed E-state index contributed by atoms with van der Waals surface area (Å²) in [6.07, 6.45) is 3.47. The minimum atomic E-state index is -0.114. The Hall–Kier alpha value is -1.76. The highest BCUT2D eigenvalue weighted by molar-refractivity contribution is 5.72. The zero-order valence-electron chi connectivity index (χ0n) is 10.8. The third kappa shape index (κ3) is 2.56. The average Bonchev–Trinajstić information content (AvgIpc) is 2.74. The molecule has 0 radical (unpaired) electrons. The largest absolute Gasteiger partial charge is 0.317 e. The van der Waals surface area contributed by atoms with E-state index >= 15 is 0 Å². The Morgan fingerprint density at radius 2 is 2.22 bits per heavy atom. The zero-order chi connectivity index (χ0) is 13.0. The lowest BCUT2D eigenvalue weighted by Gasteiger charge is -2.04. The first-order valence-electron chi connectivity index (χ1n) is 6.20. The molecule has 7 nitrogen and oxygen atoms in total. The molecule has 0 aliphatic heterocycles. The average molecular weight is 250 g/mol. The van der Waals surface area contributed by atoms with Crippen molar-refractivity contribution in [2.24, 2.45) is 7.05 Å². The summed E-state index contributed by atoms with van der Waals surface area (Å²) in [4.78, 5) is 12.1. The number of nitrogens with one attached hydrogen (secondary N) is 1. The Labute approximate surface area is 105 Å². The van der Waals surface area contributed by atoms with Crippen molar-refractivity contribution < 1.29 is 0 Å². The van der Waals surface area contributed by atoms with Gasteiger partial charge in [0, 0.05) is 13.6 Å². The van der Waals surface area contributed by atoms with Crippen molar-refractivity contribution in [1.29, 1.82) is 0 Å². The quantitative estimate of drug-likeness (QED) is 0.725. The fraction of sp³-hybridized carbons (Fsp3) is 0.636. The number of fused-ring (bicyclic) bond motifs is 1.